The summed E-state index contributed by atoms with van der Waals surface area (Å²) >= 11 is 0. The summed E-state index contributed by atoms with van der Waals surface area (Å²) in [6, 6.07) is 3.93. The molecule has 4 nitrogen and oxygen atoms in total. The van der Waals surface area contributed by atoms with E-state index in [1.165, 1.54) is 16.4 Å². The lowest BCUT2D eigenvalue weighted by Gasteiger charge is -2.21. The van der Waals surface area contributed by atoms with Gasteiger partial charge in [-0.1, -0.05) is 25.1 Å². The minimum Gasteiger partial charge on any atom is -0.326 e. The third kappa shape index (κ3) is 3.62. The normalized spacial score (nSPS) is 11.8. The first-order valence-electron chi connectivity index (χ1n) is 5.96. The summed E-state index contributed by atoms with van der Waals surface area (Å²) < 4.78 is 39.7. The zero-order valence-electron chi connectivity index (χ0n) is 11.2. The smallest absolute Gasteiger partial charge is 0.246 e. The number of likely N-dealkylation sites (N-methyl/N-ethyl adjacent to an activating group) is 1. The predicted molar refractivity (Wildman–Crippen MR) is 73.5 cm³/mol. The van der Waals surface area contributed by atoms with Crippen LogP contribution < -0.4 is 5.73 Å². The van der Waals surface area contributed by atoms with E-state index in [1.54, 1.807) is 13.8 Å². The van der Waals surface area contributed by atoms with E-state index in [-0.39, 0.29) is 24.5 Å². The summed E-state index contributed by atoms with van der Waals surface area (Å²) in [5, 5.41) is 0. The summed E-state index contributed by atoms with van der Waals surface area (Å²) in [5.41, 5.74) is 6.65. The molecule has 0 saturated heterocycles. The lowest BCUT2D eigenvalue weighted by molar-refractivity contribution is 0.447. The van der Waals surface area contributed by atoms with Crippen LogP contribution in [0.5, 0.6) is 0 Å². The van der Waals surface area contributed by atoms with Crippen LogP contribution in [-0.2, 0) is 16.6 Å². The zero-order chi connectivity index (χ0) is 14.6. The van der Waals surface area contributed by atoms with Crippen LogP contribution in [0.25, 0.3) is 0 Å². The summed E-state index contributed by atoms with van der Waals surface area (Å²) in [5.74, 6) is -0.775. The van der Waals surface area contributed by atoms with E-state index in [4.69, 9.17) is 5.73 Å². The number of nitrogens with two attached hydrogens (primary N) is 1. The van der Waals surface area contributed by atoms with Crippen LogP contribution in [0.3, 0.4) is 0 Å². The van der Waals surface area contributed by atoms with E-state index in [2.05, 4.69) is 6.58 Å². The Morgan fingerprint density at radius 3 is 2.53 bits per heavy atom. The highest BCUT2D eigenvalue weighted by atomic mass is 32.2. The molecule has 0 aliphatic carbocycles. The number of benzene rings is 1. The van der Waals surface area contributed by atoms with Gasteiger partial charge in [-0.2, -0.15) is 4.31 Å². The molecule has 0 aliphatic rings. The first-order valence-corrected chi connectivity index (χ1v) is 7.40. The van der Waals surface area contributed by atoms with E-state index >= 15 is 0 Å². The number of rotatable bonds is 6. The zero-order valence-corrected chi connectivity index (χ0v) is 12.0. The van der Waals surface area contributed by atoms with Crippen LogP contribution in [-0.4, -0.2) is 25.8 Å². The molecule has 0 fully saturated rings. The number of hydrogen-bond donors (Lipinski definition) is 1. The van der Waals surface area contributed by atoms with Crippen LogP contribution in [0, 0.1) is 5.82 Å². The maximum atomic E-state index is 13.9. The van der Waals surface area contributed by atoms with Crippen molar-refractivity contribution in [2.24, 2.45) is 5.73 Å². The fraction of sp³-hybridized carbons (Fsp3) is 0.385. The van der Waals surface area contributed by atoms with Gasteiger partial charge >= 0.3 is 0 Å². The number of halogens is 1. The van der Waals surface area contributed by atoms with Crippen molar-refractivity contribution in [2.75, 3.05) is 13.1 Å². The van der Waals surface area contributed by atoms with Crippen LogP contribution in [0.15, 0.2) is 35.2 Å². The number of nitrogens with zero attached hydrogens (tertiary/aromatic N) is 1. The van der Waals surface area contributed by atoms with Gasteiger partial charge in [0.15, 0.2) is 0 Å². The molecule has 106 valence electrons. The molecule has 0 saturated carbocycles. The Hall–Kier alpha value is -1.24. The van der Waals surface area contributed by atoms with Gasteiger partial charge in [0.1, 0.15) is 10.7 Å². The van der Waals surface area contributed by atoms with E-state index in [0.717, 1.165) is 6.07 Å². The van der Waals surface area contributed by atoms with Crippen LogP contribution in [0.1, 0.15) is 19.4 Å². The van der Waals surface area contributed by atoms with E-state index in [9.17, 15) is 12.8 Å². The van der Waals surface area contributed by atoms with Crippen LogP contribution in [0.2, 0.25) is 0 Å². The third-order valence-electron chi connectivity index (χ3n) is 2.65. The Balaban J connectivity index is 3.22. The SMILES string of the molecule is C=C(C)CN(CC)S(=O)(=O)c1ccc(CN)cc1F. The van der Waals surface area contributed by atoms with Gasteiger partial charge in [-0.05, 0) is 24.6 Å². The van der Waals surface area contributed by atoms with Crippen molar-refractivity contribution in [3.8, 4) is 0 Å². The molecule has 1 aromatic carbocycles. The lowest BCUT2D eigenvalue weighted by Crippen LogP contribution is -2.32. The monoisotopic (exact) mass is 286 g/mol. The molecular formula is C13H19FN2O2S. The first-order chi connectivity index (χ1) is 8.82. The molecule has 0 amide bonds. The predicted octanol–water partition coefficient (Wildman–Crippen LogP) is 1.87. The molecule has 2 N–H and O–H groups in total. The molecular weight excluding hydrogens is 267 g/mol. The molecule has 0 aliphatic heterocycles. The van der Waals surface area contributed by atoms with Gasteiger partial charge in [0.25, 0.3) is 0 Å². The molecule has 0 atom stereocenters. The summed E-state index contributed by atoms with van der Waals surface area (Å²) in [4.78, 5) is -0.326. The molecule has 0 aromatic heterocycles. The Morgan fingerprint density at radius 2 is 2.11 bits per heavy atom. The Kier molecular flexibility index (Phi) is 5.22. The van der Waals surface area contributed by atoms with Gasteiger partial charge in [0.2, 0.25) is 10.0 Å². The summed E-state index contributed by atoms with van der Waals surface area (Å²) in [6.07, 6.45) is 0. The summed E-state index contributed by atoms with van der Waals surface area (Å²) in [7, 11) is -3.85. The van der Waals surface area contributed by atoms with Crippen molar-refractivity contribution in [2.45, 2.75) is 25.3 Å². The van der Waals surface area contributed by atoms with E-state index in [0.29, 0.717) is 11.1 Å². The molecule has 0 unspecified atom stereocenters. The lowest BCUT2D eigenvalue weighted by atomic mass is 10.2. The Morgan fingerprint density at radius 1 is 1.47 bits per heavy atom. The average molecular weight is 286 g/mol. The van der Waals surface area contributed by atoms with Gasteiger partial charge in [0, 0.05) is 19.6 Å². The highest BCUT2D eigenvalue weighted by molar-refractivity contribution is 7.89. The standard InChI is InChI=1S/C13H19FN2O2S/c1-4-16(9-10(2)3)19(17,18)13-6-5-11(8-15)7-12(13)14/h5-7H,2,4,8-9,15H2,1,3H3. The molecule has 0 bridgehead atoms. The highest BCUT2D eigenvalue weighted by Crippen LogP contribution is 2.21. The second-order valence-corrected chi connectivity index (χ2v) is 6.26. The van der Waals surface area contributed by atoms with Crippen LogP contribution >= 0.6 is 0 Å². The maximum absolute atomic E-state index is 13.9. The minimum absolute atomic E-state index is 0.167. The van der Waals surface area contributed by atoms with Gasteiger partial charge in [-0.25, -0.2) is 12.8 Å². The topological polar surface area (TPSA) is 63.4 Å². The maximum Gasteiger partial charge on any atom is 0.246 e. The van der Waals surface area contributed by atoms with Gasteiger partial charge in [0.05, 0.1) is 0 Å². The fourth-order valence-electron chi connectivity index (χ4n) is 1.69. The molecule has 0 heterocycles. The molecule has 0 spiro atoms. The number of hydrogen-bond acceptors (Lipinski definition) is 3. The van der Waals surface area contributed by atoms with Crippen molar-refractivity contribution in [1.29, 1.82) is 0 Å². The minimum atomic E-state index is -3.85. The second kappa shape index (κ2) is 6.27. The Labute approximate surface area is 113 Å². The molecule has 19 heavy (non-hydrogen) atoms. The second-order valence-electron chi connectivity index (χ2n) is 4.36. The van der Waals surface area contributed by atoms with Crippen molar-refractivity contribution in [3.05, 3.63) is 41.7 Å². The quantitative estimate of drug-likeness (QED) is 0.812. The van der Waals surface area contributed by atoms with Crippen molar-refractivity contribution >= 4 is 10.0 Å². The Bertz CT molecular complexity index is 570. The highest BCUT2D eigenvalue weighted by Gasteiger charge is 2.26. The van der Waals surface area contributed by atoms with Crippen LogP contribution in [0.4, 0.5) is 4.39 Å². The first kappa shape index (κ1) is 15.8. The van der Waals surface area contributed by atoms with E-state index in [1.807, 2.05) is 0 Å². The van der Waals surface area contributed by atoms with Crippen molar-refractivity contribution in [3.63, 3.8) is 0 Å². The number of sulfonamides is 1. The molecule has 6 heteroatoms. The van der Waals surface area contributed by atoms with E-state index < -0.39 is 15.8 Å². The van der Waals surface area contributed by atoms with Crippen molar-refractivity contribution < 1.29 is 12.8 Å². The van der Waals surface area contributed by atoms with Gasteiger partial charge in [-0.15, -0.1) is 0 Å². The van der Waals surface area contributed by atoms with Crippen molar-refractivity contribution in [1.82, 2.24) is 4.31 Å². The molecule has 1 aromatic rings. The molecule has 0 radical (unpaired) electrons. The average Bonchev–Trinajstić information content (AvgIpc) is 2.34. The van der Waals surface area contributed by atoms with Gasteiger partial charge < -0.3 is 5.73 Å². The van der Waals surface area contributed by atoms with Gasteiger partial charge in [-0.3, -0.25) is 0 Å². The third-order valence-corrected chi connectivity index (χ3v) is 4.60. The largest absolute Gasteiger partial charge is 0.326 e. The summed E-state index contributed by atoms with van der Waals surface area (Å²) in [6.45, 7) is 7.71. The molecule has 1 rings (SSSR count). The fourth-order valence-corrected chi connectivity index (χ4v) is 3.24.